The van der Waals surface area contributed by atoms with Crippen LogP contribution >= 0.6 is 0 Å². The largest absolute Gasteiger partial charge is 0.268 e. The van der Waals surface area contributed by atoms with Gasteiger partial charge in [-0.25, -0.2) is 5.01 Å². The Balaban J connectivity index is 1.86. The van der Waals surface area contributed by atoms with E-state index in [1.807, 2.05) is 54.6 Å². The van der Waals surface area contributed by atoms with E-state index >= 15 is 0 Å². The van der Waals surface area contributed by atoms with Crippen LogP contribution in [-0.4, -0.2) is 19.1 Å². The maximum atomic E-state index is 9.45. The lowest BCUT2D eigenvalue weighted by Gasteiger charge is -2.17. The molecule has 2 aromatic rings. The lowest BCUT2D eigenvalue weighted by atomic mass is 9.92. The van der Waals surface area contributed by atoms with Crippen LogP contribution in [0.3, 0.4) is 0 Å². The van der Waals surface area contributed by atoms with Gasteiger partial charge in [-0.2, -0.15) is 10.4 Å². The molecule has 0 aliphatic carbocycles. The lowest BCUT2D eigenvalue weighted by molar-refractivity contribution is 1.03. The molecule has 0 fully saturated rings. The number of benzene rings is 2. The lowest BCUT2D eigenvalue weighted by Crippen LogP contribution is -2.17. The fraction of sp³-hybridized carbons (Fsp3) is 0.118. The molecule has 0 amide bonds. The average molecular weight is 274 g/mol. The molecule has 0 saturated heterocycles. The van der Waals surface area contributed by atoms with Gasteiger partial charge in [-0.15, -0.1) is 0 Å². The third-order valence-corrected chi connectivity index (χ3v) is 3.34. The summed E-state index contributed by atoms with van der Waals surface area (Å²) in [5.74, 6) is -0.251. The van der Waals surface area contributed by atoms with E-state index < -0.39 is 0 Å². The normalized spacial score (nSPS) is 14.7. The molecule has 21 heavy (non-hydrogen) atoms. The highest BCUT2D eigenvalue weighted by Crippen LogP contribution is 2.26. The second-order valence-corrected chi connectivity index (χ2v) is 4.69. The molecule has 0 radical (unpaired) electrons. The first-order valence-corrected chi connectivity index (χ1v) is 6.74. The number of hydrazone groups is 1. The van der Waals surface area contributed by atoms with Gasteiger partial charge in [0.05, 0.1) is 24.2 Å². The molecule has 1 heterocycles. The van der Waals surface area contributed by atoms with Crippen LogP contribution in [0.15, 0.2) is 64.7 Å². The van der Waals surface area contributed by atoms with Gasteiger partial charge >= 0.3 is 0 Å². The highest BCUT2D eigenvalue weighted by atomic mass is 15.5. The van der Waals surface area contributed by atoms with Crippen LogP contribution < -0.4 is 5.01 Å². The van der Waals surface area contributed by atoms with Gasteiger partial charge in [0, 0.05) is 6.21 Å². The highest BCUT2D eigenvalue weighted by molar-refractivity contribution is 5.84. The number of nitriles is 1. The Labute approximate surface area is 123 Å². The Morgan fingerprint density at radius 1 is 1.00 bits per heavy atom. The summed E-state index contributed by atoms with van der Waals surface area (Å²) >= 11 is 0. The van der Waals surface area contributed by atoms with Gasteiger partial charge in [-0.1, -0.05) is 42.5 Å². The van der Waals surface area contributed by atoms with E-state index in [0.29, 0.717) is 6.54 Å². The van der Waals surface area contributed by atoms with Crippen molar-refractivity contribution in [3.05, 3.63) is 65.7 Å². The molecule has 0 N–H and O–H groups in total. The summed E-state index contributed by atoms with van der Waals surface area (Å²) in [7, 11) is 0. The molecule has 3 rings (SSSR count). The second kappa shape index (κ2) is 6.02. The molecule has 1 aliphatic heterocycles. The minimum atomic E-state index is -0.251. The van der Waals surface area contributed by atoms with E-state index in [1.54, 1.807) is 17.6 Å². The van der Waals surface area contributed by atoms with Crippen molar-refractivity contribution < 1.29 is 0 Å². The van der Waals surface area contributed by atoms with Crippen molar-refractivity contribution in [1.29, 1.82) is 5.26 Å². The molecule has 0 saturated carbocycles. The molecule has 0 aromatic heterocycles. The fourth-order valence-corrected chi connectivity index (χ4v) is 2.27. The molecule has 0 spiro atoms. The van der Waals surface area contributed by atoms with E-state index in [-0.39, 0.29) is 5.92 Å². The summed E-state index contributed by atoms with van der Waals surface area (Å²) in [5, 5.41) is 15.4. The number of anilines is 1. The quantitative estimate of drug-likeness (QED) is 0.863. The van der Waals surface area contributed by atoms with Crippen molar-refractivity contribution in [2.45, 2.75) is 5.92 Å². The van der Waals surface area contributed by atoms with Crippen molar-refractivity contribution in [3.8, 4) is 6.07 Å². The molecule has 0 bridgehead atoms. The van der Waals surface area contributed by atoms with Crippen LogP contribution in [0.5, 0.6) is 0 Å². The first-order chi connectivity index (χ1) is 10.4. The number of aliphatic imine (C=N–C) groups is 1. The maximum absolute atomic E-state index is 9.45. The average Bonchev–Trinajstić information content (AvgIpc) is 2.58. The summed E-state index contributed by atoms with van der Waals surface area (Å²) in [6.07, 6.45) is 3.46. The van der Waals surface area contributed by atoms with Crippen LogP contribution in [0.25, 0.3) is 0 Å². The summed E-state index contributed by atoms with van der Waals surface area (Å²) in [6.45, 7) is 0.624. The van der Waals surface area contributed by atoms with Gasteiger partial charge in [0.1, 0.15) is 6.34 Å². The van der Waals surface area contributed by atoms with E-state index in [4.69, 9.17) is 0 Å². The second-order valence-electron chi connectivity index (χ2n) is 4.69. The molecular weight excluding hydrogens is 260 g/mol. The van der Waals surface area contributed by atoms with E-state index in [1.165, 1.54) is 0 Å². The number of hydrogen-bond donors (Lipinski definition) is 0. The third kappa shape index (κ3) is 2.82. The van der Waals surface area contributed by atoms with Crippen molar-refractivity contribution in [2.24, 2.45) is 10.1 Å². The standard InChI is InChI=1S/C17H14N4/c18-12-17(14-4-2-1-3-5-14)15-6-8-16(9-7-15)21-13-19-10-11-20-21/h1-9,11,13,17H,10H2. The van der Waals surface area contributed by atoms with Crippen molar-refractivity contribution >= 4 is 18.2 Å². The molecule has 1 unspecified atom stereocenters. The molecule has 1 aliphatic rings. The Kier molecular flexibility index (Phi) is 3.74. The van der Waals surface area contributed by atoms with Gasteiger partial charge in [0.25, 0.3) is 0 Å². The maximum Gasteiger partial charge on any atom is 0.112 e. The molecular formula is C17H14N4. The van der Waals surface area contributed by atoms with Crippen LogP contribution in [0, 0.1) is 11.3 Å². The zero-order chi connectivity index (χ0) is 14.5. The van der Waals surface area contributed by atoms with Crippen molar-refractivity contribution in [3.63, 3.8) is 0 Å². The minimum Gasteiger partial charge on any atom is -0.268 e. The Bertz CT molecular complexity index is 684. The van der Waals surface area contributed by atoms with Gasteiger partial charge in [0.15, 0.2) is 0 Å². The summed E-state index contributed by atoms with van der Waals surface area (Å²) in [5.41, 5.74) is 2.92. The fourth-order valence-electron chi connectivity index (χ4n) is 2.27. The van der Waals surface area contributed by atoms with Gasteiger partial charge in [-0.05, 0) is 23.3 Å². The zero-order valence-corrected chi connectivity index (χ0v) is 11.4. The van der Waals surface area contributed by atoms with Gasteiger partial charge in [0.2, 0.25) is 0 Å². The summed E-state index contributed by atoms with van der Waals surface area (Å²) in [6, 6.07) is 20.0. The Morgan fingerprint density at radius 2 is 1.71 bits per heavy atom. The van der Waals surface area contributed by atoms with E-state index in [9.17, 15) is 5.26 Å². The van der Waals surface area contributed by atoms with Gasteiger partial charge in [-0.3, -0.25) is 4.99 Å². The van der Waals surface area contributed by atoms with Gasteiger partial charge < -0.3 is 0 Å². The van der Waals surface area contributed by atoms with E-state index in [2.05, 4.69) is 16.2 Å². The minimum absolute atomic E-state index is 0.251. The third-order valence-electron chi connectivity index (χ3n) is 3.34. The molecule has 102 valence electrons. The SMILES string of the molecule is N#CC(c1ccccc1)c1ccc(N2C=NCC=N2)cc1. The molecule has 4 nitrogen and oxygen atoms in total. The van der Waals surface area contributed by atoms with Crippen LogP contribution in [0.1, 0.15) is 17.0 Å². The van der Waals surface area contributed by atoms with Crippen LogP contribution in [-0.2, 0) is 0 Å². The smallest absolute Gasteiger partial charge is 0.112 e. The topological polar surface area (TPSA) is 51.8 Å². The zero-order valence-electron chi connectivity index (χ0n) is 11.4. The number of hydrogen-bond acceptors (Lipinski definition) is 4. The van der Waals surface area contributed by atoms with Crippen molar-refractivity contribution in [2.75, 3.05) is 11.6 Å². The van der Waals surface area contributed by atoms with E-state index in [0.717, 1.165) is 16.8 Å². The number of rotatable bonds is 3. The molecule has 1 atom stereocenters. The predicted octanol–water partition coefficient (Wildman–Crippen LogP) is 3.18. The van der Waals surface area contributed by atoms with Crippen LogP contribution in [0.2, 0.25) is 0 Å². The van der Waals surface area contributed by atoms with Crippen molar-refractivity contribution in [1.82, 2.24) is 0 Å². The summed E-state index contributed by atoms with van der Waals surface area (Å²) in [4.78, 5) is 4.16. The monoisotopic (exact) mass is 274 g/mol. The Morgan fingerprint density at radius 3 is 2.33 bits per heavy atom. The molecule has 2 aromatic carbocycles. The first-order valence-electron chi connectivity index (χ1n) is 6.74. The molecule has 4 heteroatoms. The number of nitrogens with zero attached hydrogens (tertiary/aromatic N) is 4. The highest BCUT2D eigenvalue weighted by Gasteiger charge is 2.13. The predicted molar refractivity (Wildman–Crippen MR) is 84.7 cm³/mol. The summed E-state index contributed by atoms with van der Waals surface area (Å²) < 4.78 is 0. The Hall–Kier alpha value is -2.93. The first kappa shape index (κ1) is 13.1. The van der Waals surface area contributed by atoms with Crippen LogP contribution in [0.4, 0.5) is 5.69 Å².